The zero-order valence-corrected chi connectivity index (χ0v) is 19.3. The second kappa shape index (κ2) is 9.56. The van der Waals surface area contributed by atoms with Crippen molar-refractivity contribution in [3.05, 3.63) is 52.1 Å². The number of aliphatic imine (C=N–C) groups is 1. The highest BCUT2D eigenvalue weighted by Crippen LogP contribution is 2.22. The summed E-state index contributed by atoms with van der Waals surface area (Å²) in [6.07, 6.45) is 1.80. The largest absolute Gasteiger partial charge is 0.443 e. The molecule has 0 aliphatic rings. The first-order chi connectivity index (χ1) is 11.3. The molecule has 0 saturated heterocycles. The van der Waals surface area contributed by atoms with Gasteiger partial charge in [0.05, 0.1) is 12.7 Å². The molecule has 7 heteroatoms. The summed E-state index contributed by atoms with van der Waals surface area (Å²) in [7, 11) is 3.78. The van der Waals surface area contributed by atoms with Crippen molar-refractivity contribution >= 4 is 45.9 Å². The second-order valence-corrected chi connectivity index (χ2v) is 7.57. The van der Waals surface area contributed by atoms with E-state index in [1.165, 1.54) is 5.56 Å². The molecule has 0 amide bonds. The standard InChI is InChI=1S/C18H25BrN4O.HI/c1-18(2,3)15-10-21-16(24-15)11-22-17(20-4)23(5)12-13-8-6-7-9-14(13)19;/h6-10H,11-12H2,1-5H3,(H,20,22);1H. The topological polar surface area (TPSA) is 53.7 Å². The van der Waals surface area contributed by atoms with E-state index in [-0.39, 0.29) is 29.4 Å². The van der Waals surface area contributed by atoms with E-state index in [1.54, 1.807) is 13.2 Å². The Balaban J connectivity index is 0.00000312. The average Bonchev–Trinajstić information content (AvgIpc) is 2.99. The highest BCUT2D eigenvalue weighted by Gasteiger charge is 2.19. The van der Waals surface area contributed by atoms with E-state index in [1.807, 2.05) is 25.2 Å². The molecule has 0 atom stereocenters. The monoisotopic (exact) mass is 520 g/mol. The van der Waals surface area contributed by atoms with Gasteiger partial charge in [0.15, 0.2) is 5.96 Å². The molecule has 0 aliphatic heterocycles. The summed E-state index contributed by atoms with van der Waals surface area (Å²) in [6, 6.07) is 8.18. The molecule has 25 heavy (non-hydrogen) atoms. The van der Waals surface area contributed by atoms with Gasteiger partial charge in [-0.25, -0.2) is 4.98 Å². The van der Waals surface area contributed by atoms with Crippen LogP contribution in [0.4, 0.5) is 0 Å². The van der Waals surface area contributed by atoms with Crippen LogP contribution >= 0.6 is 39.9 Å². The first-order valence-corrected chi connectivity index (χ1v) is 8.71. The number of hydrogen-bond donors (Lipinski definition) is 1. The smallest absolute Gasteiger partial charge is 0.213 e. The van der Waals surface area contributed by atoms with Gasteiger partial charge in [0.25, 0.3) is 0 Å². The molecule has 138 valence electrons. The number of benzene rings is 1. The van der Waals surface area contributed by atoms with Crippen LogP contribution in [0.3, 0.4) is 0 Å². The SMILES string of the molecule is CN=C(NCc1ncc(C(C)(C)C)o1)N(C)Cc1ccccc1Br.I. The number of nitrogens with zero attached hydrogens (tertiary/aromatic N) is 3. The lowest BCUT2D eigenvalue weighted by atomic mass is 9.94. The third-order valence-electron chi connectivity index (χ3n) is 3.63. The summed E-state index contributed by atoms with van der Waals surface area (Å²) < 4.78 is 6.90. The fourth-order valence-electron chi connectivity index (χ4n) is 2.24. The molecule has 0 fully saturated rings. The molecule has 0 bridgehead atoms. The lowest BCUT2D eigenvalue weighted by Gasteiger charge is -2.22. The maximum atomic E-state index is 5.81. The molecule has 1 N–H and O–H groups in total. The van der Waals surface area contributed by atoms with Crippen molar-refractivity contribution in [3.63, 3.8) is 0 Å². The van der Waals surface area contributed by atoms with E-state index in [2.05, 4.69) is 63.0 Å². The molecule has 0 unspecified atom stereocenters. The molecule has 2 aromatic rings. The first-order valence-electron chi connectivity index (χ1n) is 7.91. The maximum absolute atomic E-state index is 5.81. The van der Waals surface area contributed by atoms with Crippen molar-refractivity contribution in [3.8, 4) is 0 Å². The summed E-state index contributed by atoms with van der Waals surface area (Å²) in [5, 5.41) is 3.29. The van der Waals surface area contributed by atoms with Crippen LogP contribution in [-0.2, 0) is 18.5 Å². The van der Waals surface area contributed by atoms with Crippen LogP contribution < -0.4 is 5.32 Å². The molecule has 0 saturated carbocycles. The van der Waals surface area contributed by atoms with Crippen molar-refractivity contribution in [1.29, 1.82) is 0 Å². The molecule has 1 aromatic carbocycles. The predicted octanol–water partition coefficient (Wildman–Crippen LogP) is 4.56. The lowest BCUT2D eigenvalue weighted by Crippen LogP contribution is -2.38. The van der Waals surface area contributed by atoms with Gasteiger partial charge in [-0.05, 0) is 11.6 Å². The van der Waals surface area contributed by atoms with Gasteiger partial charge in [0, 0.05) is 30.5 Å². The number of nitrogens with one attached hydrogen (secondary N) is 1. The summed E-state index contributed by atoms with van der Waals surface area (Å²) in [6.45, 7) is 7.57. The summed E-state index contributed by atoms with van der Waals surface area (Å²) in [4.78, 5) is 10.7. The van der Waals surface area contributed by atoms with Crippen molar-refractivity contribution < 1.29 is 4.42 Å². The Morgan fingerprint density at radius 1 is 1.32 bits per heavy atom. The van der Waals surface area contributed by atoms with Gasteiger partial charge < -0.3 is 14.6 Å². The van der Waals surface area contributed by atoms with Gasteiger partial charge in [-0.15, -0.1) is 24.0 Å². The zero-order chi connectivity index (χ0) is 17.7. The Labute approximate surface area is 175 Å². The summed E-state index contributed by atoms with van der Waals surface area (Å²) >= 11 is 3.58. The van der Waals surface area contributed by atoms with Crippen molar-refractivity contribution in [2.24, 2.45) is 4.99 Å². The summed E-state index contributed by atoms with van der Waals surface area (Å²) in [5.74, 6) is 2.34. The molecule has 0 spiro atoms. The fraction of sp³-hybridized carbons (Fsp3) is 0.444. The molecule has 1 aromatic heterocycles. The Morgan fingerprint density at radius 3 is 2.56 bits per heavy atom. The maximum Gasteiger partial charge on any atom is 0.213 e. The average molecular weight is 521 g/mol. The van der Waals surface area contributed by atoms with E-state index in [9.17, 15) is 0 Å². The molecule has 2 rings (SSSR count). The zero-order valence-electron chi connectivity index (χ0n) is 15.3. The molecular weight excluding hydrogens is 495 g/mol. The predicted molar refractivity (Wildman–Crippen MR) is 116 cm³/mol. The van der Waals surface area contributed by atoms with E-state index in [0.717, 1.165) is 22.7 Å². The van der Waals surface area contributed by atoms with Crippen LogP contribution in [0.2, 0.25) is 0 Å². The van der Waals surface area contributed by atoms with E-state index >= 15 is 0 Å². The molecule has 1 heterocycles. The Kier molecular flexibility index (Phi) is 8.40. The Morgan fingerprint density at radius 2 is 2.00 bits per heavy atom. The van der Waals surface area contributed by atoms with Gasteiger partial charge >= 0.3 is 0 Å². The van der Waals surface area contributed by atoms with Crippen molar-refractivity contribution in [2.45, 2.75) is 39.3 Å². The van der Waals surface area contributed by atoms with Crippen molar-refractivity contribution in [2.75, 3.05) is 14.1 Å². The minimum absolute atomic E-state index is 0. The van der Waals surface area contributed by atoms with Crippen molar-refractivity contribution in [1.82, 2.24) is 15.2 Å². The number of aromatic nitrogens is 1. The number of rotatable bonds is 4. The number of oxazole rings is 1. The number of guanidine groups is 1. The molecular formula is C18H26BrIN4O. The van der Waals surface area contributed by atoms with Crippen LogP contribution in [0, 0.1) is 0 Å². The van der Waals surface area contributed by atoms with Gasteiger partial charge in [-0.2, -0.15) is 0 Å². The van der Waals surface area contributed by atoms with Crippen LogP contribution in [-0.4, -0.2) is 29.9 Å². The summed E-state index contributed by atoms with van der Waals surface area (Å²) in [5.41, 5.74) is 1.16. The van der Waals surface area contributed by atoms with Crippen LogP contribution in [0.5, 0.6) is 0 Å². The molecule has 0 radical (unpaired) electrons. The fourth-order valence-corrected chi connectivity index (χ4v) is 2.65. The molecule has 5 nitrogen and oxygen atoms in total. The first kappa shape index (κ1) is 22.0. The van der Waals surface area contributed by atoms with Gasteiger partial charge in [0.2, 0.25) is 5.89 Å². The van der Waals surface area contributed by atoms with Gasteiger partial charge in [-0.3, -0.25) is 4.99 Å². The normalized spacial score (nSPS) is 11.8. The van der Waals surface area contributed by atoms with Crippen LogP contribution in [0.15, 0.2) is 44.3 Å². The highest BCUT2D eigenvalue weighted by molar-refractivity contribution is 14.0. The van der Waals surface area contributed by atoms with Crippen LogP contribution in [0.1, 0.15) is 38.0 Å². The Bertz CT molecular complexity index is 709. The minimum Gasteiger partial charge on any atom is -0.443 e. The third kappa shape index (κ3) is 6.29. The second-order valence-electron chi connectivity index (χ2n) is 6.72. The number of halogens is 2. The number of hydrogen-bond acceptors (Lipinski definition) is 3. The minimum atomic E-state index is -0.0384. The lowest BCUT2D eigenvalue weighted by molar-refractivity contribution is 0.376. The quantitative estimate of drug-likeness (QED) is 0.365. The van der Waals surface area contributed by atoms with Gasteiger partial charge in [-0.1, -0.05) is 54.9 Å². The third-order valence-corrected chi connectivity index (χ3v) is 4.40. The Hall–Kier alpha value is -1.09. The van der Waals surface area contributed by atoms with Crippen LogP contribution in [0.25, 0.3) is 0 Å². The highest BCUT2D eigenvalue weighted by atomic mass is 127. The van der Waals surface area contributed by atoms with E-state index in [4.69, 9.17) is 4.42 Å². The van der Waals surface area contributed by atoms with E-state index < -0.39 is 0 Å². The van der Waals surface area contributed by atoms with E-state index in [0.29, 0.717) is 12.4 Å². The molecule has 0 aliphatic carbocycles. The van der Waals surface area contributed by atoms with Gasteiger partial charge in [0.1, 0.15) is 5.76 Å².